The zero-order valence-electron chi connectivity index (χ0n) is 18.1. The predicted octanol–water partition coefficient (Wildman–Crippen LogP) is 4.95. The molecule has 0 saturated carbocycles. The van der Waals surface area contributed by atoms with Crippen LogP contribution in [0.15, 0.2) is 67.3 Å². The lowest BCUT2D eigenvalue weighted by Gasteiger charge is -2.35. The summed E-state index contributed by atoms with van der Waals surface area (Å²) in [5.41, 5.74) is 0.668. The number of ether oxygens (including phenoxy) is 2. The molecule has 7 nitrogen and oxygen atoms in total. The van der Waals surface area contributed by atoms with E-state index in [0.717, 1.165) is 10.2 Å². The van der Waals surface area contributed by atoms with Gasteiger partial charge in [-0.25, -0.2) is 8.42 Å². The van der Waals surface area contributed by atoms with Crippen molar-refractivity contribution in [2.24, 2.45) is 0 Å². The third-order valence-corrected chi connectivity index (χ3v) is 7.27. The maximum atomic E-state index is 13.5. The van der Waals surface area contributed by atoms with Gasteiger partial charge in [-0.2, -0.15) is 4.98 Å². The highest BCUT2D eigenvalue weighted by atomic mass is 79.9. The minimum atomic E-state index is -3.91. The molecule has 1 fully saturated rings. The van der Waals surface area contributed by atoms with Crippen molar-refractivity contribution in [3.63, 3.8) is 0 Å². The largest absolute Gasteiger partial charge is 0.494 e. The molecule has 2 unspecified atom stereocenters. The van der Waals surface area contributed by atoms with E-state index in [-0.39, 0.29) is 33.9 Å². The van der Waals surface area contributed by atoms with Gasteiger partial charge in [0.2, 0.25) is 26.6 Å². The van der Waals surface area contributed by atoms with Gasteiger partial charge in [0.25, 0.3) is 0 Å². The SMILES string of the molecule is CCOc1ccc(-c2nc(S(=O)(=O)c3ccc(Br)cc3)c(N3CC(C)OC(C)C3)o2)cc1. The lowest BCUT2D eigenvalue weighted by molar-refractivity contribution is -0.00657. The van der Waals surface area contributed by atoms with Crippen molar-refractivity contribution >= 4 is 31.7 Å². The highest BCUT2D eigenvalue weighted by Crippen LogP contribution is 2.36. The van der Waals surface area contributed by atoms with Crippen LogP contribution in [0.2, 0.25) is 0 Å². The molecule has 0 aliphatic carbocycles. The van der Waals surface area contributed by atoms with Crippen LogP contribution in [0.5, 0.6) is 5.75 Å². The Morgan fingerprint density at radius 3 is 2.28 bits per heavy atom. The molecule has 1 saturated heterocycles. The lowest BCUT2D eigenvalue weighted by Crippen LogP contribution is -2.45. The number of benzene rings is 2. The zero-order chi connectivity index (χ0) is 22.9. The maximum Gasteiger partial charge on any atom is 0.236 e. The van der Waals surface area contributed by atoms with Crippen LogP contribution in [-0.2, 0) is 14.6 Å². The number of hydrogen-bond acceptors (Lipinski definition) is 7. The van der Waals surface area contributed by atoms with E-state index in [4.69, 9.17) is 13.9 Å². The molecule has 4 rings (SSSR count). The first kappa shape index (κ1) is 22.8. The molecular weight excluding hydrogens is 496 g/mol. The molecule has 0 spiro atoms. The number of sulfone groups is 1. The monoisotopic (exact) mass is 520 g/mol. The number of rotatable bonds is 6. The summed E-state index contributed by atoms with van der Waals surface area (Å²) < 4.78 is 45.3. The van der Waals surface area contributed by atoms with Crippen LogP contribution < -0.4 is 9.64 Å². The van der Waals surface area contributed by atoms with E-state index in [2.05, 4.69) is 20.9 Å². The molecule has 0 amide bonds. The second-order valence-corrected chi connectivity index (χ2v) is 10.5. The summed E-state index contributed by atoms with van der Waals surface area (Å²) in [5, 5.41) is -0.0926. The Morgan fingerprint density at radius 1 is 1.06 bits per heavy atom. The number of halogens is 1. The first-order chi connectivity index (χ1) is 15.3. The quantitative estimate of drug-likeness (QED) is 0.454. The molecule has 170 valence electrons. The second-order valence-electron chi connectivity index (χ2n) is 7.71. The standard InChI is InChI=1S/C23H25BrN2O5S/c1-4-29-19-9-5-17(6-10-19)21-25-22(32(27,28)20-11-7-18(24)8-12-20)23(31-21)26-13-15(2)30-16(3)14-26/h5-12,15-16H,4,13-14H2,1-3H3. The van der Waals surface area contributed by atoms with Crippen LogP contribution in [0.3, 0.4) is 0 Å². The number of anilines is 1. The third kappa shape index (κ3) is 4.69. The van der Waals surface area contributed by atoms with E-state index in [9.17, 15) is 8.42 Å². The Kier molecular flexibility index (Phi) is 6.60. The van der Waals surface area contributed by atoms with E-state index < -0.39 is 9.84 Å². The molecule has 2 atom stereocenters. The first-order valence-electron chi connectivity index (χ1n) is 10.4. The summed E-state index contributed by atoms with van der Waals surface area (Å²) in [5.74, 6) is 1.20. The smallest absolute Gasteiger partial charge is 0.236 e. The average Bonchev–Trinajstić information content (AvgIpc) is 3.21. The molecule has 32 heavy (non-hydrogen) atoms. The molecule has 1 aliphatic rings. The van der Waals surface area contributed by atoms with Crippen molar-refractivity contribution in [2.75, 3.05) is 24.6 Å². The summed E-state index contributed by atoms with van der Waals surface area (Å²) in [6.07, 6.45) is -0.137. The predicted molar refractivity (Wildman–Crippen MR) is 125 cm³/mol. The summed E-state index contributed by atoms with van der Waals surface area (Å²) in [7, 11) is -3.91. The van der Waals surface area contributed by atoms with Gasteiger partial charge in [-0.15, -0.1) is 0 Å². The highest BCUT2D eigenvalue weighted by Gasteiger charge is 2.34. The molecule has 0 N–H and O–H groups in total. The van der Waals surface area contributed by atoms with Gasteiger partial charge < -0.3 is 18.8 Å². The fraction of sp³-hybridized carbons (Fsp3) is 0.348. The molecule has 9 heteroatoms. The number of aromatic nitrogens is 1. The molecule has 0 bridgehead atoms. The van der Waals surface area contributed by atoms with Gasteiger partial charge in [-0.3, -0.25) is 0 Å². The van der Waals surface area contributed by atoms with Crippen LogP contribution in [0, 0.1) is 0 Å². The molecular formula is C23H25BrN2O5S. The fourth-order valence-electron chi connectivity index (χ4n) is 3.73. The van der Waals surface area contributed by atoms with Gasteiger partial charge >= 0.3 is 0 Å². The molecule has 2 heterocycles. The molecule has 0 radical (unpaired) electrons. The molecule has 1 aliphatic heterocycles. The van der Waals surface area contributed by atoms with Gasteiger partial charge in [0, 0.05) is 23.1 Å². The Labute approximate surface area is 196 Å². The average molecular weight is 521 g/mol. The van der Waals surface area contributed by atoms with Gasteiger partial charge in [0.1, 0.15) is 5.75 Å². The van der Waals surface area contributed by atoms with E-state index in [1.807, 2.05) is 37.8 Å². The summed E-state index contributed by atoms with van der Waals surface area (Å²) in [4.78, 5) is 6.52. The summed E-state index contributed by atoms with van der Waals surface area (Å²) >= 11 is 3.35. The summed E-state index contributed by atoms with van der Waals surface area (Å²) in [6.45, 7) is 7.39. The van der Waals surface area contributed by atoms with Gasteiger partial charge in [0.05, 0.1) is 23.7 Å². The van der Waals surface area contributed by atoms with Crippen LogP contribution in [0.4, 0.5) is 5.88 Å². The summed E-state index contributed by atoms with van der Waals surface area (Å²) in [6, 6.07) is 13.7. The van der Waals surface area contributed by atoms with Crippen molar-refractivity contribution in [3.05, 3.63) is 53.0 Å². The highest BCUT2D eigenvalue weighted by molar-refractivity contribution is 9.10. The number of oxazole rings is 1. The topological polar surface area (TPSA) is 81.9 Å². The number of hydrogen-bond donors (Lipinski definition) is 0. The number of morpholine rings is 1. The zero-order valence-corrected chi connectivity index (χ0v) is 20.5. The van der Waals surface area contributed by atoms with E-state index in [1.165, 1.54) is 0 Å². The van der Waals surface area contributed by atoms with Crippen LogP contribution in [0.1, 0.15) is 20.8 Å². The normalized spacial score (nSPS) is 19.2. The van der Waals surface area contributed by atoms with Gasteiger partial charge in [-0.1, -0.05) is 15.9 Å². The van der Waals surface area contributed by atoms with Gasteiger partial charge in [-0.05, 0) is 69.3 Å². The van der Waals surface area contributed by atoms with Crippen LogP contribution in [0.25, 0.3) is 11.5 Å². The fourth-order valence-corrected chi connectivity index (χ4v) is 5.31. The van der Waals surface area contributed by atoms with Gasteiger partial charge in [0.15, 0.2) is 0 Å². The van der Waals surface area contributed by atoms with Crippen molar-refractivity contribution < 1.29 is 22.3 Å². The van der Waals surface area contributed by atoms with Crippen molar-refractivity contribution in [3.8, 4) is 17.2 Å². The third-order valence-electron chi connectivity index (χ3n) is 5.08. The van der Waals surface area contributed by atoms with E-state index in [1.54, 1.807) is 36.4 Å². The maximum absolute atomic E-state index is 13.5. The van der Waals surface area contributed by atoms with Crippen molar-refractivity contribution in [1.82, 2.24) is 4.98 Å². The first-order valence-corrected chi connectivity index (χ1v) is 12.7. The van der Waals surface area contributed by atoms with Crippen LogP contribution in [-0.4, -0.2) is 45.3 Å². The van der Waals surface area contributed by atoms with Crippen molar-refractivity contribution in [2.45, 2.75) is 42.9 Å². The Hall–Kier alpha value is -2.36. The van der Waals surface area contributed by atoms with E-state index >= 15 is 0 Å². The Bertz CT molecular complexity index is 1170. The molecule has 1 aromatic heterocycles. The Morgan fingerprint density at radius 2 is 1.69 bits per heavy atom. The van der Waals surface area contributed by atoms with Crippen LogP contribution >= 0.6 is 15.9 Å². The van der Waals surface area contributed by atoms with E-state index in [0.29, 0.717) is 25.3 Å². The minimum absolute atomic E-state index is 0.0685. The Balaban J connectivity index is 1.80. The second kappa shape index (κ2) is 9.25. The molecule has 2 aromatic carbocycles. The molecule has 3 aromatic rings. The minimum Gasteiger partial charge on any atom is -0.494 e. The number of nitrogens with zero attached hydrogens (tertiary/aromatic N) is 2. The van der Waals surface area contributed by atoms with Crippen molar-refractivity contribution in [1.29, 1.82) is 0 Å². The lowest BCUT2D eigenvalue weighted by atomic mass is 10.2.